The summed E-state index contributed by atoms with van der Waals surface area (Å²) in [7, 11) is 0. The molecular weight excluding hydrogens is 372 g/mol. The second kappa shape index (κ2) is 10.2. The number of hydrogen-bond donors (Lipinski definition) is 2. The van der Waals surface area contributed by atoms with E-state index in [9.17, 15) is 0 Å². The highest BCUT2D eigenvalue weighted by Gasteiger charge is 2.11. The summed E-state index contributed by atoms with van der Waals surface area (Å²) in [6.45, 7) is 8.40. The zero-order chi connectivity index (χ0) is 21.3. The van der Waals surface area contributed by atoms with Crippen molar-refractivity contribution in [2.75, 3.05) is 11.5 Å². The Balaban J connectivity index is 1.77. The van der Waals surface area contributed by atoms with Crippen LogP contribution in [0.15, 0.2) is 86.0 Å². The number of hydrogen-bond acceptors (Lipinski definition) is 4. The maximum absolute atomic E-state index is 6.14. The fourth-order valence-corrected chi connectivity index (χ4v) is 3.33. The summed E-state index contributed by atoms with van der Waals surface area (Å²) < 4.78 is 12.2. The van der Waals surface area contributed by atoms with Gasteiger partial charge in [0, 0.05) is 11.1 Å². The summed E-state index contributed by atoms with van der Waals surface area (Å²) in [5, 5.41) is 0. The van der Waals surface area contributed by atoms with Crippen molar-refractivity contribution in [3.05, 3.63) is 108 Å². The Hall–Kier alpha value is -3.66. The van der Waals surface area contributed by atoms with Crippen molar-refractivity contribution in [2.45, 2.75) is 26.1 Å². The molecule has 3 aromatic rings. The van der Waals surface area contributed by atoms with E-state index in [0.29, 0.717) is 48.9 Å². The van der Waals surface area contributed by atoms with Crippen molar-refractivity contribution in [1.29, 1.82) is 0 Å². The van der Waals surface area contributed by atoms with Crippen LogP contribution in [0, 0.1) is 0 Å². The van der Waals surface area contributed by atoms with E-state index in [1.165, 1.54) is 0 Å². The average Bonchev–Trinajstić information content (AvgIpc) is 2.74. The lowest BCUT2D eigenvalue weighted by molar-refractivity contribution is 0.284. The molecule has 4 N–H and O–H groups in total. The van der Waals surface area contributed by atoms with Gasteiger partial charge in [-0.05, 0) is 36.1 Å². The molecule has 3 aromatic carbocycles. The van der Waals surface area contributed by atoms with Crippen LogP contribution in [0.4, 0.5) is 11.4 Å². The summed E-state index contributed by atoms with van der Waals surface area (Å²) in [4.78, 5) is 0. The van der Waals surface area contributed by atoms with Gasteiger partial charge < -0.3 is 20.9 Å². The monoisotopic (exact) mass is 400 g/mol. The SMILES string of the molecule is C=CCc1cccc(N)c1OCc1ccccc1COc1c(N)cccc1CC=C. The van der Waals surface area contributed by atoms with E-state index in [1.54, 1.807) is 0 Å². The van der Waals surface area contributed by atoms with Gasteiger partial charge in [-0.1, -0.05) is 60.7 Å². The van der Waals surface area contributed by atoms with Gasteiger partial charge in [0.2, 0.25) is 0 Å². The molecule has 0 heterocycles. The van der Waals surface area contributed by atoms with Crippen LogP contribution in [0.1, 0.15) is 22.3 Å². The molecule has 0 atom stereocenters. The summed E-state index contributed by atoms with van der Waals surface area (Å²) in [5.74, 6) is 1.40. The number of nitrogen functional groups attached to an aromatic ring is 2. The van der Waals surface area contributed by atoms with Gasteiger partial charge in [-0.15, -0.1) is 13.2 Å². The molecule has 3 rings (SSSR count). The molecule has 0 aromatic heterocycles. The Labute approximate surface area is 178 Å². The Kier molecular flexibility index (Phi) is 7.17. The van der Waals surface area contributed by atoms with Gasteiger partial charge in [0.1, 0.15) is 24.7 Å². The van der Waals surface area contributed by atoms with E-state index in [4.69, 9.17) is 20.9 Å². The summed E-state index contributed by atoms with van der Waals surface area (Å²) >= 11 is 0. The zero-order valence-corrected chi connectivity index (χ0v) is 17.1. The molecule has 0 aliphatic carbocycles. The van der Waals surface area contributed by atoms with Crippen LogP contribution >= 0.6 is 0 Å². The Morgan fingerprint density at radius 1 is 0.600 bits per heavy atom. The van der Waals surface area contributed by atoms with Crippen molar-refractivity contribution in [3.8, 4) is 11.5 Å². The molecule has 154 valence electrons. The molecule has 0 saturated carbocycles. The molecule has 0 fully saturated rings. The first-order valence-electron chi connectivity index (χ1n) is 9.93. The van der Waals surface area contributed by atoms with Crippen LogP contribution in [0.25, 0.3) is 0 Å². The van der Waals surface area contributed by atoms with Crippen molar-refractivity contribution < 1.29 is 9.47 Å². The molecule has 0 aliphatic heterocycles. The Bertz CT molecular complexity index is 945. The smallest absolute Gasteiger partial charge is 0.146 e. The van der Waals surface area contributed by atoms with Crippen molar-refractivity contribution in [2.24, 2.45) is 0 Å². The van der Waals surface area contributed by atoms with Gasteiger partial charge in [-0.25, -0.2) is 0 Å². The highest BCUT2D eigenvalue weighted by molar-refractivity contribution is 5.58. The molecule has 0 amide bonds. The minimum atomic E-state index is 0.391. The maximum Gasteiger partial charge on any atom is 0.146 e. The Morgan fingerprint density at radius 2 is 1.00 bits per heavy atom. The molecule has 4 heteroatoms. The van der Waals surface area contributed by atoms with E-state index in [2.05, 4.69) is 13.2 Å². The van der Waals surface area contributed by atoms with Crippen LogP contribution in [0.5, 0.6) is 11.5 Å². The summed E-state index contributed by atoms with van der Waals surface area (Å²) in [6.07, 6.45) is 5.08. The molecular formula is C26H28N2O2. The molecule has 30 heavy (non-hydrogen) atoms. The average molecular weight is 401 g/mol. The van der Waals surface area contributed by atoms with E-state index in [0.717, 1.165) is 22.3 Å². The fourth-order valence-electron chi connectivity index (χ4n) is 3.33. The second-order valence-corrected chi connectivity index (χ2v) is 7.00. The number of ether oxygens (including phenoxy) is 2. The van der Waals surface area contributed by atoms with Crippen LogP contribution in [-0.2, 0) is 26.1 Å². The fraction of sp³-hybridized carbons (Fsp3) is 0.154. The van der Waals surface area contributed by atoms with Gasteiger partial charge in [-0.2, -0.15) is 0 Å². The lowest BCUT2D eigenvalue weighted by Crippen LogP contribution is -2.07. The third kappa shape index (κ3) is 5.03. The predicted octanol–water partition coefficient (Wildman–Crippen LogP) is 5.47. The first-order chi connectivity index (χ1) is 14.6. The molecule has 0 saturated heterocycles. The van der Waals surface area contributed by atoms with Gasteiger partial charge in [-0.3, -0.25) is 0 Å². The van der Waals surface area contributed by atoms with Gasteiger partial charge in [0.05, 0.1) is 11.4 Å². The third-order valence-electron chi connectivity index (χ3n) is 4.84. The van der Waals surface area contributed by atoms with E-state index in [-0.39, 0.29) is 0 Å². The molecule has 0 radical (unpaired) electrons. The van der Waals surface area contributed by atoms with E-state index in [1.807, 2.05) is 72.8 Å². The number of benzene rings is 3. The largest absolute Gasteiger partial charge is 0.486 e. The highest BCUT2D eigenvalue weighted by atomic mass is 16.5. The van der Waals surface area contributed by atoms with Crippen molar-refractivity contribution in [3.63, 3.8) is 0 Å². The number of para-hydroxylation sites is 2. The van der Waals surface area contributed by atoms with Crippen molar-refractivity contribution in [1.82, 2.24) is 0 Å². The molecule has 4 nitrogen and oxygen atoms in total. The highest BCUT2D eigenvalue weighted by Crippen LogP contribution is 2.30. The molecule has 0 unspecified atom stereocenters. The van der Waals surface area contributed by atoms with Crippen molar-refractivity contribution >= 4 is 11.4 Å². The molecule has 0 spiro atoms. The first kappa shape index (κ1) is 21.1. The van der Waals surface area contributed by atoms with Crippen LogP contribution < -0.4 is 20.9 Å². The van der Waals surface area contributed by atoms with Crippen LogP contribution in [0.2, 0.25) is 0 Å². The zero-order valence-electron chi connectivity index (χ0n) is 17.1. The van der Waals surface area contributed by atoms with Gasteiger partial charge in [0.15, 0.2) is 0 Å². The van der Waals surface area contributed by atoms with E-state index < -0.39 is 0 Å². The Morgan fingerprint density at radius 3 is 1.40 bits per heavy atom. The third-order valence-corrected chi connectivity index (χ3v) is 4.84. The summed E-state index contributed by atoms with van der Waals surface area (Å²) in [6, 6.07) is 19.6. The normalized spacial score (nSPS) is 10.4. The first-order valence-corrected chi connectivity index (χ1v) is 9.93. The number of anilines is 2. The minimum absolute atomic E-state index is 0.391. The van der Waals surface area contributed by atoms with Gasteiger partial charge >= 0.3 is 0 Å². The lowest BCUT2D eigenvalue weighted by atomic mass is 10.1. The standard InChI is InChI=1S/C26H28N2O2/c1-3-9-19-13-7-15-23(27)25(19)29-17-21-11-5-6-12-22(21)18-30-26-20(10-4-2)14-8-16-24(26)28/h3-8,11-16H,1-2,9-10,17-18,27-28H2. The topological polar surface area (TPSA) is 70.5 Å². The maximum atomic E-state index is 6.14. The van der Waals surface area contributed by atoms with E-state index >= 15 is 0 Å². The summed E-state index contributed by atoms with van der Waals surface area (Å²) in [5.41, 5.74) is 17.6. The molecule has 0 aliphatic rings. The second-order valence-electron chi connectivity index (χ2n) is 7.00. The number of rotatable bonds is 10. The number of allylic oxidation sites excluding steroid dienone is 2. The van der Waals surface area contributed by atoms with Crippen LogP contribution in [-0.4, -0.2) is 0 Å². The van der Waals surface area contributed by atoms with Gasteiger partial charge in [0.25, 0.3) is 0 Å². The minimum Gasteiger partial charge on any atom is -0.486 e. The quantitative estimate of drug-likeness (QED) is 0.350. The predicted molar refractivity (Wildman–Crippen MR) is 125 cm³/mol. The van der Waals surface area contributed by atoms with Crippen LogP contribution in [0.3, 0.4) is 0 Å². The lowest BCUT2D eigenvalue weighted by Gasteiger charge is -2.17. The molecule has 0 bridgehead atoms. The number of nitrogens with two attached hydrogens (primary N) is 2.